The van der Waals surface area contributed by atoms with E-state index in [1.54, 1.807) is 6.92 Å². The van der Waals surface area contributed by atoms with Gasteiger partial charge in [-0.05, 0) is 31.5 Å². The Bertz CT molecular complexity index is 983. The number of hydrogen-bond acceptors (Lipinski definition) is 6. The quantitative estimate of drug-likeness (QED) is 0.780. The summed E-state index contributed by atoms with van der Waals surface area (Å²) in [5.41, 5.74) is 2.60. The maximum Gasteiger partial charge on any atom is 0.223 e. The number of pyridine rings is 1. The van der Waals surface area contributed by atoms with Crippen molar-refractivity contribution in [3.63, 3.8) is 0 Å². The molecule has 0 bridgehead atoms. The number of nitrogens with zero attached hydrogens (tertiary/aromatic N) is 4. The van der Waals surface area contributed by atoms with Gasteiger partial charge in [-0.25, -0.2) is 0 Å². The number of nitrogens with one attached hydrogen (secondary N) is 1. The first-order chi connectivity index (χ1) is 12.5. The van der Waals surface area contributed by atoms with Crippen molar-refractivity contribution in [3.8, 4) is 0 Å². The fourth-order valence-corrected chi connectivity index (χ4v) is 3.71. The summed E-state index contributed by atoms with van der Waals surface area (Å²) in [6.45, 7) is 6.70. The SMILES string of the molecule is CC(=O)NC1(c2noc(C)n2)CCN(c2ccnc3ccc(C)cc23)C1. The molecular weight excluding hydrogens is 330 g/mol. The van der Waals surface area contributed by atoms with Gasteiger partial charge in [0.15, 0.2) is 5.82 Å². The number of fused-ring (bicyclic) bond motifs is 1. The third-order valence-electron chi connectivity index (χ3n) is 4.85. The van der Waals surface area contributed by atoms with E-state index in [4.69, 9.17) is 4.52 Å². The van der Waals surface area contributed by atoms with Gasteiger partial charge in [-0.3, -0.25) is 9.78 Å². The Morgan fingerprint density at radius 1 is 1.31 bits per heavy atom. The van der Waals surface area contributed by atoms with E-state index >= 15 is 0 Å². The number of carbonyl (C=O) groups excluding carboxylic acids is 1. The van der Waals surface area contributed by atoms with Crippen LogP contribution < -0.4 is 10.2 Å². The smallest absolute Gasteiger partial charge is 0.223 e. The minimum Gasteiger partial charge on any atom is -0.368 e. The van der Waals surface area contributed by atoms with Gasteiger partial charge in [0, 0.05) is 44.2 Å². The van der Waals surface area contributed by atoms with Crippen LogP contribution in [-0.4, -0.2) is 34.1 Å². The van der Waals surface area contributed by atoms with Crippen molar-refractivity contribution in [2.75, 3.05) is 18.0 Å². The zero-order valence-electron chi connectivity index (χ0n) is 15.1. The number of aryl methyl sites for hydroxylation is 2. The molecule has 2 aromatic heterocycles. The molecule has 134 valence electrons. The molecule has 1 N–H and O–H groups in total. The second kappa shape index (κ2) is 6.09. The zero-order chi connectivity index (χ0) is 18.3. The standard InChI is InChI=1S/C19H21N5O2/c1-12-4-5-16-15(10-12)17(6-8-20-16)24-9-7-19(11-24,22-13(2)25)18-21-14(3)26-23-18/h4-6,8,10H,7,9,11H2,1-3H3,(H,22,25). The second-order valence-electron chi connectivity index (χ2n) is 6.92. The average molecular weight is 351 g/mol. The van der Waals surface area contributed by atoms with Crippen molar-refractivity contribution in [2.45, 2.75) is 32.7 Å². The van der Waals surface area contributed by atoms with E-state index in [0.717, 1.165) is 23.1 Å². The van der Waals surface area contributed by atoms with Crippen molar-refractivity contribution in [2.24, 2.45) is 0 Å². The Hall–Kier alpha value is -2.96. The lowest BCUT2D eigenvalue weighted by molar-refractivity contribution is -0.120. The molecule has 1 amide bonds. The third-order valence-corrected chi connectivity index (χ3v) is 4.85. The van der Waals surface area contributed by atoms with Gasteiger partial charge >= 0.3 is 0 Å². The minimum atomic E-state index is -0.650. The molecule has 0 saturated carbocycles. The Morgan fingerprint density at radius 3 is 2.88 bits per heavy atom. The summed E-state index contributed by atoms with van der Waals surface area (Å²) in [6.07, 6.45) is 2.53. The predicted octanol–water partition coefficient (Wildman–Crippen LogP) is 2.48. The average Bonchev–Trinajstić information content (AvgIpc) is 3.21. The molecule has 4 rings (SSSR count). The van der Waals surface area contributed by atoms with Crippen LogP contribution in [0.1, 0.15) is 30.6 Å². The lowest BCUT2D eigenvalue weighted by Gasteiger charge is -2.28. The lowest BCUT2D eigenvalue weighted by atomic mass is 9.97. The maximum absolute atomic E-state index is 11.9. The van der Waals surface area contributed by atoms with Crippen LogP contribution in [0.4, 0.5) is 5.69 Å². The summed E-state index contributed by atoms with van der Waals surface area (Å²) in [6, 6.07) is 8.27. The topological polar surface area (TPSA) is 84.2 Å². The monoisotopic (exact) mass is 351 g/mol. The highest BCUT2D eigenvalue weighted by molar-refractivity contribution is 5.92. The van der Waals surface area contributed by atoms with Gasteiger partial charge in [0.1, 0.15) is 5.54 Å². The van der Waals surface area contributed by atoms with Gasteiger partial charge in [0.25, 0.3) is 0 Å². The molecule has 1 aliphatic heterocycles. The molecule has 7 nitrogen and oxygen atoms in total. The molecular formula is C19H21N5O2. The highest BCUT2D eigenvalue weighted by atomic mass is 16.5. The molecule has 0 aliphatic carbocycles. The van der Waals surface area contributed by atoms with Gasteiger partial charge < -0.3 is 14.7 Å². The van der Waals surface area contributed by atoms with E-state index < -0.39 is 5.54 Å². The molecule has 7 heteroatoms. The first kappa shape index (κ1) is 16.5. The number of hydrogen-bond donors (Lipinski definition) is 1. The van der Waals surface area contributed by atoms with Crippen molar-refractivity contribution in [1.82, 2.24) is 20.4 Å². The maximum atomic E-state index is 11.9. The van der Waals surface area contributed by atoms with Gasteiger partial charge in [-0.1, -0.05) is 16.8 Å². The van der Waals surface area contributed by atoms with Gasteiger partial charge in [0.05, 0.1) is 5.52 Å². The second-order valence-corrected chi connectivity index (χ2v) is 6.92. The molecule has 1 fully saturated rings. The molecule has 0 spiro atoms. The van der Waals surface area contributed by atoms with E-state index in [1.165, 1.54) is 12.5 Å². The minimum absolute atomic E-state index is 0.107. The van der Waals surface area contributed by atoms with Crippen LogP contribution in [0.15, 0.2) is 35.0 Å². The van der Waals surface area contributed by atoms with Gasteiger partial charge in [-0.15, -0.1) is 0 Å². The van der Waals surface area contributed by atoms with E-state index in [2.05, 4.69) is 44.4 Å². The fourth-order valence-electron chi connectivity index (χ4n) is 3.71. The highest BCUT2D eigenvalue weighted by Crippen LogP contribution is 2.36. The van der Waals surface area contributed by atoms with Crippen molar-refractivity contribution in [1.29, 1.82) is 0 Å². The summed E-state index contributed by atoms with van der Waals surface area (Å²) >= 11 is 0. The van der Waals surface area contributed by atoms with Crippen molar-refractivity contribution >= 4 is 22.5 Å². The van der Waals surface area contributed by atoms with Crippen LogP contribution >= 0.6 is 0 Å². The Balaban J connectivity index is 1.75. The Kier molecular flexibility index (Phi) is 3.86. The summed E-state index contributed by atoms with van der Waals surface area (Å²) in [5.74, 6) is 0.917. The number of aromatic nitrogens is 3. The first-order valence-electron chi connectivity index (χ1n) is 8.67. The normalized spacial score (nSPS) is 19.9. The molecule has 1 aliphatic rings. The molecule has 0 radical (unpaired) electrons. The summed E-state index contributed by atoms with van der Waals surface area (Å²) < 4.78 is 5.17. The van der Waals surface area contributed by atoms with Crippen LogP contribution in [0.2, 0.25) is 0 Å². The van der Waals surface area contributed by atoms with Crippen LogP contribution in [0.5, 0.6) is 0 Å². The van der Waals surface area contributed by atoms with Crippen LogP contribution in [0.25, 0.3) is 10.9 Å². The molecule has 1 aromatic carbocycles. The molecule has 3 aromatic rings. The van der Waals surface area contributed by atoms with Gasteiger partial charge in [0.2, 0.25) is 11.8 Å². The number of benzene rings is 1. The molecule has 3 heterocycles. The largest absolute Gasteiger partial charge is 0.368 e. The number of anilines is 1. The van der Waals surface area contributed by atoms with E-state index in [9.17, 15) is 4.79 Å². The first-order valence-corrected chi connectivity index (χ1v) is 8.67. The van der Waals surface area contributed by atoms with Gasteiger partial charge in [-0.2, -0.15) is 4.98 Å². The molecule has 1 saturated heterocycles. The fraction of sp³-hybridized carbons (Fsp3) is 0.368. The van der Waals surface area contributed by atoms with Crippen LogP contribution in [0.3, 0.4) is 0 Å². The van der Waals surface area contributed by atoms with Crippen LogP contribution in [-0.2, 0) is 10.3 Å². The zero-order valence-corrected chi connectivity index (χ0v) is 15.1. The number of carbonyl (C=O) groups is 1. The summed E-state index contributed by atoms with van der Waals surface area (Å²) in [5, 5.41) is 8.26. The van der Waals surface area contributed by atoms with Crippen LogP contribution in [0, 0.1) is 13.8 Å². The van der Waals surface area contributed by atoms with E-state index in [0.29, 0.717) is 24.7 Å². The predicted molar refractivity (Wildman–Crippen MR) is 97.8 cm³/mol. The summed E-state index contributed by atoms with van der Waals surface area (Å²) in [4.78, 5) is 23.0. The van der Waals surface area contributed by atoms with E-state index in [1.807, 2.05) is 18.3 Å². The summed E-state index contributed by atoms with van der Waals surface area (Å²) in [7, 11) is 0. The molecule has 26 heavy (non-hydrogen) atoms. The molecule has 1 unspecified atom stereocenters. The van der Waals surface area contributed by atoms with E-state index in [-0.39, 0.29) is 5.91 Å². The Morgan fingerprint density at radius 2 is 2.15 bits per heavy atom. The Labute approximate surface area is 151 Å². The third kappa shape index (κ3) is 2.79. The molecule has 1 atom stereocenters. The number of rotatable bonds is 3. The van der Waals surface area contributed by atoms with Crippen molar-refractivity contribution in [3.05, 3.63) is 47.7 Å². The number of amides is 1. The highest BCUT2D eigenvalue weighted by Gasteiger charge is 2.44. The van der Waals surface area contributed by atoms with Crippen molar-refractivity contribution < 1.29 is 9.32 Å². The lowest BCUT2D eigenvalue weighted by Crippen LogP contribution is -2.48.